The fourth-order valence-corrected chi connectivity index (χ4v) is 4.15. The van der Waals surface area contributed by atoms with Crippen molar-refractivity contribution in [3.05, 3.63) is 34.1 Å². The molecule has 2 heterocycles. The lowest BCUT2D eigenvalue weighted by Crippen LogP contribution is -2.50. The van der Waals surface area contributed by atoms with Crippen molar-refractivity contribution in [2.45, 2.75) is 32.2 Å². The molecule has 0 aliphatic carbocycles. The predicted octanol–water partition coefficient (Wildman–Crippen LogP) is 3.55. The molecule has 2 aliphatic rings. The molecular formula is C16H22BrFN2. The molecule has 20 heavy (non-hydrogen) atoms. The summed E-state index contributed by atoms with van der Waals surface area (Å²) in [4.78, 5) is 2.54. The quantitative estimate of drug-likeness (QED) is 0.885. The van der Waals surface area contributed by atoms with E-state index in [1.807, 2.05) is 12.1 Å². The first-order valence-electron chi connectivity index (χ1n) is 7.54. The molecule has 1 spiro atoms. The molecule has 0 saturated carbocycles. The van der Waals surface area contributed by atoms with Gasteiger partial charge in [-0.2, -0.15) is 0 Å². The molecule has 110 valence electrons. The van der Waals surface area contributed by atoms with Gasteiger partial charge >= 0.3 is 0 Å². The van der Waals surface area contributed by atoms with Gasteiger partial charge in [0.25, 0.3) is 0 Å². The van der Waals surface area contributed by atoms with Crippen molar-refractivity contribution in [1.29, 1.82) is 0 Å². The number of hydrogen-bond acceptors (Lipinski definition) is 2. The number of benzene rings is 1. The van der Waals surface area contributed by atoms with E-state index in [1.54, 1.807) is 6.07 Å². The predicted molar refractivity (Wildman–Crippen MR) is 83.1 cm³/mol. The summed E-state index contributed by atoms with van der Waals surface area (Å²) in [5.74, 6) is -0.180. The topological polar surface area (TPSA) is 15.3 Å². The number of nitrogens with one attached hydrogen (secondary N) is 1. The number of hydrogen-bond donors (Lipinski definition) is 1. The SMILES string of the molecule is Fc1ccc(CN2CCCC3(CCCNC3)C2)cc1Br. The lowest BCUT2D eigenvalue weighted by molar-refractivity contribution is 0.0600. The molecule has 3 rings (SSSR count). The minimum absolute atomic E-state index is 0.180. The molecule has 0 radical (unpaired) electrons. The summed E-state index contributed by atoms with van der Waals surface area (Å²) in [6, 6.07) is 5.37. The molecule has 1 aromatic rings. The molecule has 2 saturated heterocycles. The van der Waals surface area contributed by atoms with Gasteiger partial charge in [-0.15, -0.1) is 0 Å². The summed E-state index contributed by atoms with van der Waals surface area (Å²) < 4.78 is 13.9. The lowest BCUT2D eigenvalue weighted by Gasteiger charge is -2.45. The van der Waals surface area contributed by atoms with Crippen LogP contribution < -0.4 is 5.32 Å². The van der Waals surface area contributed by atoms with Crippen LogP contribution in [0.25, 0.3) is 0 Å². The van der Waals surface area contributed by atoms with Crippen LogP contribution in [-0.4, -0.2) is 31.1 Å². The Morgan fingerprint density at radius 3 is 2.90 bits per heavy atom. The van der Waals surface area contributed by atoms with Gasteiger partial charge in [0.1, 0.15) is 5.82 Å². The van der Waals surface area contributed by atoms with E-state index < -0.39 is 0 Å². The molecule has 2 nitrogen and oxygen atoms in total. The molecule has 4 heteroatoms. The Morgan fingerprint density at radius 1 is 1.30 bits per heavy atom. The van der Waals surface area contributed by atoms with Crippen LogP contribution in [0.15, 0.2) is 22.7 Å². The van der Waals surface area contributed by atoms with E-state index in [0.717, 1.165) is 19.6 Å². The van der Waals surface area contributed by atoms with Gasteiger partial charge < -0.3 is 5.32 Å². The van der Waals surface area contributed by atoms with Crippen molar-refractivity contribution in [3.8, 4) is 0 Å². The van der Waals surface area contributed by atoms with E-state index in [0.29, 0.717) is 9.89 Å². The van der Waals surface area contributed by atoms with Crippen molar-refractivity contribution in [2.24, 2.45) is 5.41 Å². The fourth-order valence-electron chi connectivity index (χ4n) is 3.72. The maximum Gasteiger partial charge on any atom is 0.137 e. The third-order valence-electron chi connectivity index (χ3n) is 4.69. The van der Waals surface area contributed by atoms with Gasteiger partial charge in [0.05, 0.1) is 4.47 Å². The zero-order valence-electron chi connectivity index (χ0n) is 11.8. The zero-order chi connectivity index (χ0) is 14.0. The molecule has 0 aromatic heterocycles. The van der Waals surface area contributed by atoms with E-state index in [1.165, 1.54) is 44.3 Å². The molecular weight excluding hydrogens is 319 g/mol. The van der Waals surface area contributed by atoms with Crippen molar-refractivity contribution >= 4 is 15.9 Å². The Hall–Kier alpha value is -0.450. The van der Waals surface area contributed by atoms with Crippen LogP contribution in [0, 0.1) is 11.2 Å². The molecule has 2 fully saturated rings. The highest BCUT2D eigenvalue weighted by Gasteiger charge is 2.36. The van der Waals surface area contributed by atoms with Gasteiger partial charge in [0, 0.05) is 19.6 Å². The van der Waals surface area contributed by atoms with Crippen LogP contribution in [0.2, 0.25) is 0 Å². The largest absolute Gasteiger partial charge is 0.316 e. The molecule has 2 aliphatic heterocycles. The number of nitrogens with zero attached hydrogens (tertiary/aromatic N) is 1. The summed E-state index contributed by atoms with van der Waals surface area (Å²) >= 11 is 3.28. The maximum atomic E-state index is 13.3. The third kappa shape index (κ3) is 3.23. The van der Waals surface area contributed by atoms with Gasteiger partial charge in [-0.05, 0) is 77.8 Å². The second-order valence-corrected chi connectivity index (χ2v) is 7.20. The van der Waals surface area contributed by atoms with E-state index in [4.69, 9.17) is 0 Å². The summed E-state index contributed by atoms with van der Waals surface area (Å²) in [5.41, 5.74) is 1.67. The van der Waals surface area contributed by atoms with Crippen LogP contribution in [0.4, 0.5) is 4.39 Å². The second kappa shape index (κ2) is 6.12. The van der Waals surface area contributed by atoms with Crippen LogP contribution in [0.1, 0.15) is 31.2 Å². The van der Waals surface area contributed by atoms with Crippen molar-refractivity contribution in [3.63, 3.8) is 0 Å². The Kier molecular flexibility index (Phi) is 4.43. The molecule has 1 aromatic carbocycles. The van der Waals surface area contributed by atoms with Crippen LogP contribution in [0.5, 0.6) is 0 Å². The monoisotopic (exact) mass is 340 g/mol. The minimum atomic E-state index is -0.180. The fraction of sp³-hybridized carbons (Fsp3) is 0.625. The Balaban J connectivity index is 1.66. The van der Waals surface area contributed by atoms with Gasteiger partial charge in [-0.25, -0.2) is 4.39 Å². The standard InChI is InChI=1S/C16H22BrFN2/c17-14-9-13(3-4-15(14)18)10-20-8-2-6-16(12-20)5-1-7-19-11-16/h3-4,9,19H,1-2,5-8,10-12H2. The highest BCUT2D eigenvalue weighted by atomic mass is 79.9. The van der Waals surface area contributed by atoms with E-state index in [-0.39, 0.29) is 5.82 Å². The van der Waals surface area contributed by atoms with Crippen molar-refractivity contribution < 1.29 is 4.39 Å². The summed E-state index contributed by atoms with van der Waals surface area (Å²) in [6.45, 7) is 5.61. The first kappa shape index (κ1) is 14.5. The molecule has 0 amide bonds. The Morgan fingerprint density at radius 2 is 2.15 bits per heavy atom. The van der Waals surface area contributed by atoms with Crippen LogP contribution >= 0.6 is 15.9 Å². The smallest absolute Gasteiger partial charge is 0.137 e. The maximum absolute atomic E-state index is 13.3. The number of halogens is 2. The van der Waals surface area contributed by atoms with Crippen LogP contribution in [0.3, 0.4) is 0 Å². The Labute approximate surface area is 128 Å². The van der Waals surface area contributed by atoms with Gasteiger partial charge in [0.2, 0.25) is 0 Å². The Bertz CT molecular complexity index is 466. The first-order chi connectivity index (χ1) is 9.67. The van der Waals surface area contributed by atoms with Gasteiger partial charge in [0.15, 0.2) is 0 Å². The molecule has 1 unspecified atom stereocenters. The summed E-state index contributed by atoms with van der Waals surface area (Å²) in [5, 5.41) is 3.56. The first-order valence-corrected chi connectivity index (χ1v) is 8.33. The second-order valence-electron chi connectivity index (χ2n) is 6.34. The molecule has 1 N–H and O–H groups in total. The average Bonchev–Trinajstić information content (AvgIpc) is 2.44. The molecule has 0 bridgehead atoms. The number of likely N-dealkylation sites (tertiary alicyclic amines) is 1. The van der Waals surface area contributed by atoms with Crippen molar-refractivity contribution in [2.75, 3.05) is 26.2 Å². The molecule has 1 atom stereocenters. The minimum Gasteiger partial charge on any atom is -0.316 e. The summed E-state index contributed by atoms with van der Waals surface area (Å²) in [6.07, 6.45) is 5.28. The van der Waals surface area contributed by atoms with Gasteiger partial charge in [-0.3, -0.25) is 4.90 Å². The number of piperidine rings is 2. The van der Waals surface area contributed by atoms with E-state index in [2.05, 4.69) is 26.1 Å². The average molecular weight is 341 g/mol. The van der Waals surface area contributed by atoms with E-state index >= 15 is 0 Å². The summed E-state index contributed by atoms with van der Waals surface area (Å²) in [7, 11) is 0. The zero-order valence-corrected chi connectivity index (χ0v) is 13.4. The van der Waals surface area contributed by atoms with E-state index in [9.17, 15) is 4.39 Å². The highest BCUT2D eigenvalue weighted by molar-refractivity contribution is 9.10. The van der Waals surface area contributed by atoms with Crippen molar-refractivity contribution in [1.82, 2.24) is 10.2 Å². The normalized spacial score (nSPS) is 27.9. The highest BCUT2D eigenvalue weighted by Crippen LogP contribution is 2.36. The van der Waals surface area contributed by atoms with Gasteiger partial charge in [-0.1, -0.05) is 6.07 Å². The number of rotatable bonds is 2. The lowest BCUT2D eigenvalue weighted by atomic mass is 9.74. The van der Waals surface area contributed by atoms with Crippen LogP contribution in [-0.2, 0) is 6.54 Å². The third-order valence-corrected chi connectivity index (χ3v) is 5.30.